The number of rotatable bonds is 4. The fourth-order valence-corrected chi connectivity index (χ4v) is 2.11. The zero-order valence-electron chi connectivity index (χ0n) is 11.0. The standard InChI is InChI=1S/C16H15F3O/c1-20-14-9-7-12(8-10-14)11-15(16(17,18)19)13-5-3-2-4-6-13/h2-10,15H,11H2,1H3/t15-/m0/s1. The molecule has 0 aliphatic rings. The van der Waals surface area contributed by atoms with Crippen molar-refractivity contribution in [3.8, 4) is 5.75 Å². The second kappa shape index (κ2) is 5.99. The summed E-state index contributed by atoms with van der Waals surface area (Å²) in [4.78, 5) is 0. The van der Waals surface area contributed by atoms with Crippen LogP contribution in [0.1, 0.15) is 17.0 Å². The lowest BCUT2D eigenvalue weighted by Gasteiger charge is -2.21. The van der Waals surface area contributed by atoms with Gasteiger partial charge in [-0.25, -0.2) is 0 Å². The Morgan fingerprint density at radius 1 is 0.950 bits per heavy atom. The van der Waals surface area contributed by atoms with Gasteiger partial charge in [0.15, 0.2) is 0 Å². The van der Waals surface area contributed by atoms with E-state index in [0.29, 0.717) is 11.3 Å². The molecular formula is C16H15F3O. The first kappa shape index (κ1) is 14.4. The Labute approximate surface area is 116 Å². The summed E-state index contributed by atoms with van der Waals surface area (Å²) in [6.45, 7) is 0. The lowest BCUT2D eigenvalue weighted by Crippen LogP contribution is -2.22. The van der Waals surface area contributed by atoms with Gasteiger partial charge in [-0.2, -0.15) is 13.2 Å². The second-order valence-corrected chi connectivity index (χ2v) is 4.56. The molecule has 0 saturated heterocycles. The zero-order valence-corrected chi connectivity index (χ0v) is 11.0. The van der Waals surface area contributed by atoms with Crippen LogP contribution in [-0.4, -0.2) is 13.3 Å². The number of hydrogen-bond donors (Lipinski definition) is 0. The monoisotopic (exact) mass is 280 g/mol. The molecule has 1 nitrogen and oxygen atoms in total. The summed E-state index contributed by atoms with van der Waals surface area (Å²) in [7, 11) is 1.53. The van der Waals surface area contributed by atoms with Gasteiger partial charge in [0.2, 0.25) is 0 Å². The van der Waals surface area contributed by atoms with E-state index in [-0.39, 0.29) is 12.0 Å². The Hall–Kier alpha value is -1.97. The van der Waals surface area contributed by atoms with Gasteiger partial charge in [-0.05, 0) is 29.7 Å². The summed E-state index contributed by atoms with van der Waals surface area (Å²) in [5.74, 6) is -0.853. The number of ether oxygens (including phenoxy) is 1. The molecule has 1 atom stereocenters. The van der Waals surface area contributed by atoms with Crippen molar-refractivity contribution < 1.29 is 17.9 Å². The Kier molecular flexibility index (Phi) is 4.32. The van der Waals surface area contributed by atoms with Gasteiger partial charge in [-0.3, -0.25) is 0 Å². The van der Waals surface area contributed by atoms with Crippen LogP contribution in [0, 0.1) is 0 Å². The van der Waals surface area contributed by atoms with Crippen LogP contribution in [0.15, 0.2) is 54.6 Å². The van der Waals surface area contributed by atoms with Gasteiger partial charge in [0, 0.05) is 0 Å². The molecule has 106 valence electrons. The van der Waals surface area contributed by atoms with Crippen LogP contribution < -0.4 is 4.74 Å². The molecule has 0 N–H and O–H groups in total. The van der Waals surface area contributed by atoms with E-state index in [9.17, 15) is 13.2 Å². The highest BCUT2D eigenvalue weighted by atomic mass is 19.4. The Morgan fingerprint density at radius 2 is 1.55 bits per heavy atom. The quantitative estimate of drug-likeness (QED) is 0.796. The molecule has 0 aliphatic heterocycles. The third-order valence-electron chi connectivity index (χ3n) is 3.20. The first-order valence-electron chi connectivity index (χ1n) is 6.25. The molecule has 2 aromatic carbocycles. The molecule has 0 unspecified atom stereocenters. The highest BCUT2D eigenvalue weighted by Gasteiger charge is 2.40. The first-order valence-corrected chi connectivity index (χ1v) is 6.25. The Balaban J connectivity index is 2.24. The number of methoxy groups -OCH3 is 1. The Bertz CT molecular complexity index is 532. The molecule has 20 heavy (non-hydrogen) atoms. The predicted octanol–water partition coefficient (Wildman–Crippen LogP) is 4.58. The van der Waals surface area contributed by atoms with Gasteiger partial charge in [-0.1, -0.05) is 42.5 Å². The van der Waals surface area contributed by atoms with Crippen molar-refractivity contribution in [3.63, 3.8) is 0 Å². The van der Waals surface area contributed by atoms with Gasteiger partial charge < -0.3 is 4.74 Å². The normalized spacial score (nSPS) is 13.0. The SMILES string of the molecule is COc1ccc(C[C@@H](c2ccccc2)C(F)(F)F)cc1. The maximum atomic E-state index is 13.2. The minimum absolute atomic E-state index is 0.0719. The summed E-state index contributed by atoms with van der Waals surface area (Å²) in [6.07, 6.45) is -4.33. The van der Waals surface area contributed by atoms with Gasteiger partial charge in [0.25, 0.3) is 0 Å². The lowest BCUT2D eigenvalue weighted by atomic mass is 9.91. The lowest BCUT2D eigenvalue weighted by molar-refractivity contribution is -0.150. The van der Waals surface area contributed by atoms with E-state index in [1.807, 2.05) is 0 Å². The summed E-state index contributed by atoms with van der Waals surface area (Å²) in [6, 6.07) is 14.7. The predicted molar refractivity (Wildman–Crippen MR) is 71.9 cm³/mol. The van der Waals surface area contributed by atoms with Crippen LogP contribution in [0.2, 0.25) is 0 Å². The topological polar surface area (TPSA) is 9.23 Å². The fourth-order valence-electron chi connectivity index (χ4n) is 2.11. The van der Waals surface area contributed by atoms with E-state index in [0.717, 1.165) is 0 Å². The summed E-state index contributed by atoms with van der Waals surface area (Å²) in [5, 5.41) is 0. The van der Waals surface area contributed by atoms with Crippen molar-refractivity contribution >= 4 is 0 Å². The van der Waals surface area contributed by atoms with Crippen LogP contribution in [0.4, 0.5) is 13.2 Å². The minimum atomic E-state index is -4.26. The molecule has 2 rings (SSSR count). The van der Waals surface area contributed by atoms with Crippen LogP contribution in [-0.2, 0) is 6.42 Å². The third kappa shape index (κ3) is 3.53. The van der Waals surface area contributed by atoms with Crippen LogP contribution in [0.5, 0.6) is 5.75 Å². The number of hydrogen-bond acceptors (Lipinski definition) is 1. The van der Waals surface area contributed by atoms with E-state index >= 15 is 0 Å². The smallest absolute Gasteiger partial charge is 0.396 e. The largest absolute Gasteiger partial charge is 0.497 e. The number of benzene rings is 2. The van der Waals surface area contributed by atoms with Gasteiger partial charge in [0.05, 0.1) is 13.0 Å². The Morgan fingerprint density at radius 3 is 2.05 bits per heavy atom. The van der Waals surface area contributed by atoms with E-state index in [1.54, 1.807) is 42.5 Å². The molecule has 0 aromatic heterocycles. The highest BCUT2D eigenvalue weighted by molar-refractivity contribution is 5.30. The van der Waals surface area contributed by atoms with Crippen LogP contribution in [0.3, 0.4) is 0 Å². The molecule has 0 saturated carbocycles. The van der Waals surface area contributed by atoms with E-state index < -0.39 is 12.1 Å². The average Bonchev–Trinajstić information content (AvgIpc) is 2.45. The molecule has 4 heteroatoms. The molecule has 0 radical (unpaired) electrons. The van der Waals surface area contributed by atoms with Crippen molar-refractivity contribution in [3.05, 3.63) is 65.7 Å². The van der Waals surface area contributed by atoms with Crippen molar-refractivity contribution in [2.45, 2.75) is 18.5 Å². The number of halogens is 3. The maximum Gasteiger partial charge on any atom is 0.396 e. The molecule has 0 amide bonds. The van der Waals surface area contributed by atoms with Crippen LogP contribution in [0.25, 0.3) is 0 Å². The van der Waals surface area contributed by atoms with Gasteiger partial charge in [-0.15, -0.1) is 0 Å². The van der Waals surface area contributed by atoms with E-state index in [2.05, 4.69) is 0 Å². The first-order chi connectivity index (χ1) is 9.50. The van der Waals surface area contributed by atoms with Gasteiger partial charge in [0.1, 0.15) is 5.75 Å². The van der Waals surface area contributed by atoms with Crippen molar-refractivity contribution in [2.75, 3.05) is 7.11 Å². The average molecular weight is 280 g/mol. The molecule has 0 aliphatic carbocycles. The van der Waals surface area contributed by atoms with E-state index in [4.69, 9.17) is 4.74 Å². The summed E-state index contributed by atoms with van der Waals surface area (Å²) in [5.41, 5.74) is 0.924. The van der Waals surface area contributed by atoms with Crippen molar-refractivity contribution in [1.82, 2.24) is 0 Å². The van der Waals surface area contributed by atoms with Crippen molar-refractivity contribution in [1.29, 1.82) is 0 Å². The van der Waals surface area contributed by atoms with Gasteiger partial charge >= 0.3 is 6.18 Å². The second-order valence-electron chi connectivity index (χ2n) is 4.56. The maximum absolute atomic E-state index is 13.2. The molecule has 0 heterocycles. The third-order valence-corrected chi connectivity index (χ3v) is 3.20. The molecule has 0 spiro atoms. The van der Waals surface area contributed by atoms with Crippen LogP contribution >= 0.6 is 0 Å². The van der Waals surface area contributed by atoms with E-state index in [1.165, 1.54) is 19.2 Å². The fraction of sp³-hybridized carbons (Fsp3) is 0.250. The molecule has 2 aromatic rings. The summed E-state index contributed by atoms with van der Waals surface area (Å²) < 4.78 is 44.6. The molecule has 0 bridgehead atoms. The minimum Gasteiger partial charge on any atom is -0.497 e. The number of alkyl halides is 3. The molecular weight excluding hydrogens is 265 g/mol. The zero-order chi connectivity index (χ0) is 14.6. The highest BCUT2D eigenvalue weighted by Crippen LogP contribution is 2.37. The van der Waals surface area contributed by atoms with Crippen molar-refractivity contribution in [2.24, 2.45) is 0 Å². The molecule has 0 fully saturated rings. The summed E-state index contributed by atoms with van der Waals surface area (Å²) >= 11 is 0.